The van der Waals surface area contributed by atoms with Crippen molar-refractivity contribution in [2.45, 2.75) is 6.54 Å². The first kappa shape index (κ1) is 12.5. The van der Waals surface area contributed by atoms with Crippen molar-refractivity contribution in [2.75, 3.05) is 5.32 Å². The van der Waals surface area contributed by atoms with E-state index in [1.165, 1.54) is 0 Å². The van der Waals surface area contributed by atoms with E-state index < -0.39 is 0 Å². The molecule has 4 nitrogen and oxygen atoms in total. The van der Waals surface area contributed by atoms with Crippen LogP contribution in [0, 0.1) is 0 Å². The van der Waals surface area contributed by atoms with Crippen LogP contribution >= 0.6 is 34.8 Å². The molecule has 0 saturated heterocycles. The Morgan fingerprint density at radius 3 is 2.53 bits per heavy atom. The lowest BCUT2D eigenvalue weighted by molar-refractivity contribution is 0.713. The molecule has 17 heavy (non-hydrogen) atoms. The van der Waals surface area contributed by atoms with Gasteiger partial charge in [0.1, 0.15) is 5.69 Å². The van der Waals surface area contributed by atoms with Crippen molar-refractivity contribution in [1.82, 2.24) is 15.0 Å². The van der Waals surface area contributed by atoms with Crippen molar-refractivity contribution >= 4 is 40.5 Å². The third-order valence-corrected chi connectivity index (χ3v) is 3.15. The molecule has 1 aromatic heterocycles. The summed E-state index contributed by atoms with van der Waals surface area (Å²) in [5, 5.41) is 12.3. The molecule has 0 fully saturated rings. The van der Waals surface area contributed by atoms with Crippen LogP contribution in [-0.2, 0) is 13.6 Å². The summed E-state index contributed by atoms with van der Waals surface area (Å²) < 4.78 is 1.63. The highest BCUT2D eigenvalue weighted by Gasteiger charge is 2.06. The van der Waals surface area contributed by atoms with Gasteiger partial charge in [-0.05, 0) is 12.1 Å². The monoisotopic (exact) mass is 290 g/mol. The molecule has 90 valence electrons. The van der Waals surface area contributed by atoms with Gasteiger partial charge in [-0.15, -0.1) is 5.10 Å². The maximum atomic E-state index is 6.03. The molecule has 0 radical (unpaired) electrons. The Labute approximate surface area is 113 Å². The van der Waals surface area contributed by atoms with Gasteiger partial charge in [-0.25, -0.2) is 0 Å². The molecule has 1 heterocycles. The molecular weight excluding hydrogens is 282 g/mol. The van der Waals surface area contributed by atoms with Gasteiger partial charge in [0.25, 0.3) is 0 Å². The van der Waals surface area contributed by atoms with E-state index in [0.717, 1.165) is 5.69 Å². The van der Waals surface area contributed by atoms with Crippen molar-refractivity contribution in [3.63, 3.8) is 0 Å². The number of nitrogens with zero attached hydrogens (tertiary/aromatic N) is 3. The fourth-order valence-corrected chi connectivity index (χ4v) is 1.93. The lowest BCUT2D eigenvalue weighted by Gasteiger charge is -2.08. The van der Waals surface area contributed by atoms with E-state index in [0.29, 0.717) is 27.3 Å². The van der Waals surface area contributed by atoms with Crippen molar-refractivity contribution in [3.8, 4) is 0 Å². The quantitative estimate of drug-likeness (QED) is 0.882. The van der Waals surface area contributed by atoms with Gasteiger partial charge in [0.05, 0.1) is 27.3 Å². The average molecular weight is 292 g/mol. The summed E-state index contributed by atoms with van der Waals surface area (Å²) in [5.74, 6) is 0. The molecule has 0 aliphatic rings. The lowest BCUT2D eigenvalue weighted by Crippen LogP contribution is -2.00. The molecule has 7 heteroatoms. The normalized spacial score (nSPS) is 10.6. The summed E-state index contributed by atoms with van der Waals surface area (Å²) in [4.78, 5) is 0. The molecular formula is C10H9Cl3N4. The molecule has 2 aromatic rings. The van der Waals surface area contributed by atoms with Crippen LogP contribution in [0.2, 0.25) is 15.1 Å². The summed E-state index contributed by atoms with van der Waals surface area (Å²) >= 11 is 17.8. The molecule has 2 rings (SSSR count). The fraction of sp³-hybridized carbons (Fsp3) is 0.200. The van der Waals surface area contributed by atoms with Gasteiger partial charge in [-0.3, -0.25) is 4.68 Å². The molecule has 0 aliphatic carbocycles. The maximum absolute atomic E-state index is 6.03. The van der Waals surface area contributed by atoms with Crippen molar-refractivity contribution in [3.05, 3.63) is 39.1 Å². The van der Waals surface area contributed by atoms with E-state index in [9.17, 15) is 0 Å². The Morgan fingerprint density at radius 2 is 1.88 bits per heavy atom. The Balaban J connectivity index is 2.11. The maximum Gasteiger partial charge on any atom is 0.102 e. The van der Waals surface area contributed by atoms with Crippen LogP contribution in [0.3, 0.4) is 0 Å². The first-order valence-corrected chi connectivity index (χ1v) is 5.93. The second-order valence-corrected chi connectivity index (χ2v) is 4.70. The van der Waals surface area contributed by atoms with Gasteiger partial charge in [-0.1, -0.05) is 40.0 Å². The van der Waals surface area contributed by atoms with E-state index in [2.05, 4.69) is 15.6 Å². The summed E-state index contributed by atoms with van der Waals surface area (Å²) in [6, 6.07) is 3.28. The summed E-state index contributed by atoms with van der Waals surface area (Å²) in [5.41, 5.74) is 1.53. The third kappa shape index (κ3) is 3.03. The number of hydrogen-bond donors (Lipinski definition) is 1. The zero-order valence-corrected chi connectivity index (χ0v) is 11.2. The number of aryl methyl sites for hydroxylation is 1. The number of nitrogens with one attached hydrogen (secondary N) is 1. The van der Waals surface area contributed by atoms with Crippen LogP contribution in [-0.4, -0.2) is 15.0 Å². The first-order chi connectivity index (χ1) is 8.06. The molecule has 0 saturated carbocycles. The van der Waals surface area contributed by atoms with Crippen LogP contribution in [0.1, 0.15) is 5.69 Å². The fourth-order valence-electron chi connectivity index (χ4n) is 1.32. The highest BCUT2D eigenvalue weighted by atomic mass is 35.5. The van der Waals surface area contributed by atoms with Crippen LogP contribution in [0.25, 0.3) is 0 Å². The number of aromatic nitrogens is 3. The third-order valence-electron chi connectivity index (χ3n) is 2.12. The zero-order chi connectivity index (χ0) is 12.4. The highest BCUT2D eigenvalue weighted by Crippen LogP contribution is 2.32. The van der Waals surface area contributed by atoms with Gasteiger partial charge in [0.15, 0.2) is 0 Å². The van der Waals surface area contributed by atoms with E-state index in [1.54, 1.807) is 16.8 Å². The number of hydrogen-bond acceptors (Lipinski definition) is 3. The predicted octanol–water partition coefficient (Wildman–Crippen LogP) is 3.39. The average Bonchev–Trinajstić information content (AvgIpc) is 2.68. The van der Waals surface area contributed by atoms with Gasteiger partial charge in [-0.2, -0.15) is 0 Å². The van der Waals surface area contributed by atoms with E-state index in [1.807, 2.05) is 13.2 Å². The van der Waals surface area contributed by atoms with E-state index in [4.69, 9.17) is 34.8 Å². The summed E-state index contributed by atoms with van der Waals surface area (Å²) in [6.45, 7) is 0.519. The molecule has 0 amide bonds. The molecule has 0 unspecified atom stereocenters. The molecule has 1 N–H and O–H groups in total. The van der Waals surface area contributed by atoms with Crippen LogP contribution in [0.5, 0.6) is 0 Å². The van der Waals surface area contributed by atoms with Crippen molar-refractivity contribution in [1.29, 1.82) is 0 Å². The molecule has 1 aromatic carbocycles. The molecule has 0 bridgehead atoms. The first-order valence-electron chi connectivity index (χ1n) is 4.80. The zero-order valence-electron chi connectivity index (χ0n) is 8.91. The lowest BCUT2D eigenvalue weighted by atomic mass is 10.3. The summed E-state index contributed by atoms with van der Waals surface area (Å²) in [7, 11) is 1.81. The highest BCUT2D eigenvalue weighted by molar-refractivity contribution is 6.44. The Hall–Kier alpha value is -0.970. The van der Waals surface area contributed by atoms with E-state index >= 15 is 0 Å². The largest absolute Gasteiger partial charge is 0.378 e. The predicted molar refractivity (Wildman–Crippen MR) is 69.8 cm³/mol. The standard InChI is InChI=1S/C10H9Cl3N4/c1-17-5-6(15-16-17)4-14-10-3-8(12)7(11)2-9(10)13/h2-3,5,14H,4H2,1H3. The van der Waals surface area contributed by atoms with Crippen LogP contribution in [0.15, 0.2) is 18.3 Å². The number of anilines is 1. The molecule has 0 atom stereocenters. The van der Waals surface area contributed by atoms with Crippen LogP contribution in [0.4, 0.5) is 5.69 Å². The SMILES string of the molecule is Cn1cc(CNc2cc(Cl)c(Cl)cc2Cl)nn1. The Kier molecular flexibility index (Phi) is 3.76. The Morgan fingerprint density at radius 1 is 1.18 bits per heavy atom. The van der Waals surface area contributed by atoms with Gasteiger partial charge in [0.2, 0.25) is 0 Å². The van der Waals surface area contributed by atoms with Gasteiger partial charge >= 0.3 is 0 Å². The second-order valence-electron chi connectivity index (χ2n) is 3.48. The minimum atomic E-state index is 0.432. The number of benzene rings is 1. The van der Waals surface area contributed by atoms with Crippen molar-refractivity contribution < 1.29 is 0 Å². The topological polar surface area (TPSA) is 42.7 Å². The number of rotatable bonds is 3. The van der Waals surface area contributed by atoms with E-state index in [-0.39, 0.29) is 0 Å². The van der Waals surface area contributed by atoms with Crippen LogP contribution < -0.4 is 5.32 Å². The molecule has 0 spiro atoms. The van der Waals surface area contributed by atoms with Crippen molar-refractivity contribution in [2.24, 2.45) is 7.05 Å². The number of halogens is 3. The molecule has 0 aliphatic heterocycles. The Bertz CT molecular complexity index is 538. The smallest absolute Gasteiger partial charge is 0.102 e. The summed E-state index contributed by atoms with van der Waals surface area (Å²) in [6.07, 6.45) is 1.82. The van der Waals surface area contributed by atoms with Gasteiger partial charge in [0, 0.05) is 13.2 Å². The second kappa shape index (κ2) is 5.12. The minimum Gasteiger partial charge on any atom is -0.378 e. The minimum absolute atomic E-state index is 0.432. The van der Waals surface area contributed by atoms with Gasteiger partial charge < -0.3 is 5.32 Å².